The van der Waals surface area contributed by atoms with Gasteiger partial charge in [-0.2, -0.15) is 0 Å². The second-order valence-electron chi connectivity index (χ2n) is 4.42. The summed E-state index contributed by atoms with van der Waals surface area (Å²) in [6.45, 7) is 1.63. The van der Waals surface area contributed by atoms with Crippen LogP contribution in [0.2, 0.25) is 0 Å². The van der Waals surface area contributed by atoms with E-state index in [2.05, 4.69) is 0 Å². The number of halogens is 1. The van der Waals surface area contributed by atoms with Crippen LogP contribution >= 0.6 is 0 Å². The number of hydrogen-bond acceptors (Lipinski definition) is 3. The standard InChI is InChI=1S/C15H12FNO3/c1-10-5-4-8-13(17(19)20)15(10)14(18)9-11-6-2-3-7-12(11)16/h2-8H,9H2,1H3. The first-order valence-corrected chi connectivity index (χ1v) is 6.01. The Labute approximate surface area is 115 Å². The third kappa shape index (κ3) is 2.71. The molecule has 0 spiro atoms. The van der Waals surface area contributed by atoms with Crippen molar-refractivity contribution in [1.29, 1.82) is 0 Å². The number of nitro benzene ring substituents is 1. The van der Waals surface area contributed by atoms with E-state index in [-0.39, 0.29) is 23.2 Å². The van der Waals surface area contributed by atoms with Gasteiger partial charge in [0.2, 0.25) is 0 Å². The summed E-state index contributed by atoms with van der Waals surface area (Å²) >= 11 is 0. The van der Waals surface area contributed by atoms with E-state index >= 15 is 0 Å². The molecule has 0 heterocycles. The van der Waals surface area contributed by atoms with Gasteiger partial charge in [-0.25, -0.2) is 4.39 Å². The summed E-state index contributed by atoms with van der Waals surface area (Å²) in [5.41, 5.74) is 0.544. The van der Waals surface area contributed by atoms with E-state index in [1.807, 2.05) is 0 Å². The van der Waals surface area contributed by atoms with E-state index in [1.54, 1.807) is 19.1 Å². The summed E-state index contributed by atoms with van der Waals surface area (Å²) in [5.74, 6) is -0.947. The molecule has 2 aromatic rings. The molecule has 0 aromatic heterocycles. The van der Waals surface area contributed by atoms with Crippen LogP contribution in [0.15, 0.2) is 42.5 Å². The lowest BCUT2D eigenvalue weighted by Gasteiger charge is -2.06. The fourth-order valence-corrected chi connectivity index (χ4v) is 2.07. The molecule has 0 bridgehead atoms. The van der Waals surface area contributed by atoms with Crippen LogP contribution in [0, 0.1) is 22.9 Å². The van der Waals surface area contributed by atoms with E-state index < -0.39 is 16.5 Å². The molecule has 0 aliphatic carbocycles. The van der Waals surface area contributed by atoms with E-state index in [1.165, 1.54) is 30.3 Å². The molecule has 0 atom stereocenters. The Morgan fingerprint density at radius 1 is 1.20 bits per heavy atom. The van der Waals surface area contributed by atoms with Gasteiger partial charge >= 0.3 is 0 Å². The number of carbonyl (C=O) groups is 1. The molecule has 0 fully saturated rings. The lowest BCUT2D eigenvalue weighted by Crippen LogP contribution is -2.10. The molecule has 0 radical (unpaired) electrons. The van der Waals surface area contributed by atoms with E-state index in [0.29, 0.717) is 5.56 Å². The van der Waals surface area contributed by atoms with Crippen LogP contribution in [-0.2, 0) is 6.42 Å². The van der Waals surface area contributed by atoms with Crippen molar-refractivity contribution in [3.05, 3.63) is 75.1 Å². The molecular weight excluding hydrogens is 261 g/mol. The van der Waals surface area contributed by atoms with Crippen molar-refractivity contribution >= 4 is 11.5 Å². The molecule has 0 saturated heterocycles. The lowest BCUT2D eigenvalue weighted by molar-refractivity contribution is -0.385. The van der Waals surface area contributed by atoms with Gasteiger partial charge in [0.25, 0.3) is 5.69 Å². The average molecular weight is 273 g/mol. The second kappa shape index (κ2) is 5.61. The smallest absolute Gasteiger partial charge is 0.280 e. The monoisotopic (exact) mass is 273 g/mol. The number of benzene rings is 2. The zero-order valence-corrected chi connectivity index (χ0v) is 10.8. The van der Waals surface area contributed by atoms with Crippen LogP contribution in [0.1, 0.15) is 21.5 Å². The third-order valence-corrected chi connectivity index (χ3v) is 3.04. The Bertz CT molecular complexity index is 683. The van der Waals surface area contributed by atoms with Crippen LogP contribution in [0.5, 0.6) is 0 Å². The predicted molar refractivity (Wildman–Crippen MR) is 72.3 cm³/mol. The van der Waals surface area contributed by atoms with Crippen molar-refractivity contribution in [3.63, 3.8) is 0 Å². The van der Waals surface area contributed by atoms with Crippen LogP contribution in [-0.4, -0.2) is 10.7 Å². The number of Topliss-reactive ketones (excluding diaryl/α,β-unsaturated/α-hetero) is 1. The molecule has 0 saturated carbocycles. The Balaban J connectivity index is 2.40. The van der Waals surface area contributed by atoms with Crippen molar-refractivity contribution in [2.75, 3.05) is 0 Å². The molecule has 0 N–H and O–H groups in total. The number of nitrogens with zero attached hydrogens (tertiary/aromatic N) is 1. The minimum atomic E-state index is -0.596. The maximum atomic E-state index is 13.5. The molecule has 102 valence electrons. The van der Waals surface area contributed by atoms with Crippen molar-refractivity contribution in [1.82, 2.24) is 0 Å². The summed E-state index contributed by atoms with van der Waals surface area (Å²) < 4.78 is 13.5. The Hall–Kier alpha value is -2.56. The van der Waals surface area contributed by atoms with Gasteiger partial charge in [-0.05, 0) is 24.1 Å². The number of carbonyl (C=O) groups excluding carboxylic acids is 1. The van der Waals surface area contributed by atoms with Gasteiger partial charge in [-0.1, -0.05) is 30.3 Å². The molecule has 4 nitrogen and oxygen atoms in total. The summed E-state index contributed by atoms with van der Waals surface area (Å²) in [4.78, 5) is 22.6. The predicted octanol–water partition coefficient (Wildman–Crippen LogP) is 3.47. The number of hydrogen-bond donors (Lipinski definition) is 0. The first kappa shape index (κ1) is 13.9. The highest BCUT2D eigenvalue weighted by molar-refractivity contribution is 6.02. The minimum Gasteiger partial charge on any atom is -0.294 e. The number of nitro groups is 1. The quantitative estimate of drug-likeness (QED) is 0.487. The molecule has 0 amide bonds. The van der Waals surface area contributed by atoms with E-state index in [0.717, 1.165) is 0 Å². The lowest BCUT2D eigenvalue weighted by atomic mass is 9.97. The first-order valence-electron chi connectivity index (χ1n) is 6.01. The van der Waals surface area contributed by atoms with Crippen LogP contribution < -0.4 is 0 Å². The summed E-state index contributed by atoms with van der Waals surface area (Å²) in [6, 6.07) is 10.3. The van der Waals surface area contributed by atoms with Crippen LogP contribution in [0.25, 0.3) is 0 Å². The number of aryl methyl sites for hydroxylation is 1. The molecular formula is C15H12FNO3. The number of ketones is 1. The zero-order valence-electron chi connectivity index (χ0n) is 10.8. The van der Waals surface area contributed by atoms with Crippen LogP contribution in [0.3, 0.4) is 0 Å². The Morgan fingerprint density at radius 3 is 2.55 bits per heavy atom. The van der Waals surface area contributed by atoms with Crippen molar-refractivity contribution in [2.24, 2.45) is 0 Å². The van der Waals surface area contributed by atoms with Gasteiger partial charge < -0.3 is 0 Å². The normalized spacial score (nSPS) is 10.3. The van der Waals surface area contributed by atoms with E-state index in [4.69, 9.17) is 0 Å². The van der Waals surface area contributed by atoms with Gasteiger partial charge in [0.15, 0.2) is 5.78 Å². The summed E-state index contributed by atoms with van der Waals surface area (Å²) in [5, 5.41) is 11.0. The van der Waals surface area contributed by atoms with Gasteiger partial charge in [0.05, 0.1) is 10.5 Å². The van der Waals surface area contributed by atoms with Crippen LogP contribution in [0.4, 0.5) is 10.1 Å². The largest absolute Gasteiger partial charge is 0.294 e. The summed E-state index contributed by atoms with van der Waals surface area (Å²) in [7, 11) is 0. The zero-order chi connectivity index (χ0) is 14.7. The van der Waals surface area contributed by atoms with E-state index in [9.17, 15) is 19.3 Å². The molecule has 0 unspecified atom stereocenters. The Morgan fingerprint density at radius 2 is 1.90 bits per heavy atom. The van der Waals surface area contributed by atoms with Crippen molar-refractivity contribution < 1.29 is 14.1 Å². The van der Waals surface area contributed by atoms with Gasteiger partial charge in [0.1, 0.15) is 5.82 Å². The third-order valence-electron chi connectivity index (χ3n) is 3.04. The highest BCUT2D eigenvalue weighted by Crippen LogP contribution is 2.24. The van der Waals surface area contributed by atoms with Gasteiger partial charge in [0, 0.05) is 12.5 Å². The van der Waals surface area contributed by atoms with Crippen molar-refractivity contribution in [2.45, 2.75) is 13.3 Å². The highest BCUT2D eigenvalue weighted by Gasteiger charge is 2.22. The van der Waals surface area contributed by atoms with Crippen molar-refractivity contribution in [3.8, 4) is 0 Å². The maximum absolute atomic E-state index is 13.5. The molecule has 0 aliphatic heterocycles. The average Bonchev–Trinajstić information content (AvgIpc) is 2.40. The molecule has 20 heavy (non-hydrogen) atoms. The Kier molecular flexibility index (Phi) is 3.89. The molecule has 2 aromatic carbocycles. The fraction of sp³-hybridized carbons (Fsp3) is 0.133. The highest BCUT2D eigenvalue weighted by atomic mass is 19.1. The minimum absolute atomic E-state index is 0.0424. The topological polar surface area (TPSA) is 60.2 Å². The maximum Gasteiger partial charge on any atom is 0.280 e. The molecule has 2 rings (SSSR count). The van der Waals surface area contributed by atoms with Gasteiger partial charge in [-0.3, -0.25) is 14.9 Å². The first-order chi connectivity index (χ1) is 9.50. The number of rotatable bonds is 4. The second-order valence-corrected chi connectivity index (χ2v) is 4.42. The molecule has 5 heteroatoms. The summed E-state index contributed by atoms with van der Waals surface area (Å²) in [6.07, 6.45) is -0.196. The SMILES string of the molecule is Cc1cccc([N+](=O)[O-])c1C(=O)Cc1ccccc1F. The molecule has 0 aliphatic rings. The van der Waals surface area contributed by atoms with Gasteiger partial charge in [-0.15, -0.1) is 0 Å². The fourth-order valence-electron chi connectivity index (χ4n) is 2.07.